The lowest BCUT2D eigenvalue weighted by Gasteiger charge is -2.05. The van der Waals surface area contributed by atoms with Crippen LogP contribution in [0.25, 0.3) is 0 Å². The molecule has 0 aromatic rings. The Bertz CT molecular complexity index is 311. The van der Waals surface area contributed by atoms with Crippen molar-refractivity contribution in [3.8, 4) is 0 Å². The minimum atomic E-state index is -1.11. The van der Waals surface area contributed by atoms with Crippen molar-refractivity contribution in [2.75, 3.05) is 6.26 Å². The van der Waals surface area contributed by atoms with Crippen LogP contribution in [-0.2, 0) is 14.4 Å². The van der Waals surface area contributed by atoms with Gasteiger partial charge in [0, 0.05) is 11.7 Å². The smallest absolute Gasteiger partial charge is 0.303 e. The second-order valence-electron chi connectivity index (χ2n) is 3.64. The van der Waals surface area contributed by atoms with Gasteiger partial charge in [0.25, 0.3) is 5.91 Å². The highest BCUT2D eigenvalue weighted by molar-refractivity contribution is 8.76. The fourth-order valence-electron chi connectivity index (χ4n) is 1.08. The molecule has 2 atom stereocenters. The molecule has 1 rings (SSSR count). The largest absolute Gasteiger partial charge is 0.481 e. The average Bonchev–Trinajstić information content (AvgIpc) is 2.55. The molecule has 1 saturated heterocycles. The lowest BCUT2D eigenvalue weighted by Crippen LogP contribution is -2.24. The van der Waals surface area contributed by atoms with E-state index in [1.807, 2.05) is 18.5 Å². The lowest BCUT2D eigenvalue weighted by atomic mass is 10.2. The highest BCUT2D eigenvalue weighted by Gasteiger charge is 2.27. The van der Waals surface area contributed by atoms with Gasteiger partial charge in [-0.25, -0.2) is 0 Å². The first-order chi connectivity index (χ1) is 8.36. The minimum absolute atomic E-state index is 0.0845. The Morgan fingerprint density at radius 3 is 2.44 bits per heavy atom. The van der Waals surface area contributed by atoms with E-state index >= 15 is 0 Å². The molecular weight excluding hydrogens is 278 g/mol. The molecule has 1 fully saturated rings. The van der Waals surface area contributed by atoms with E-state index in [1.54, 1.807) is 21.6 Å². The molecule has 1 heterocycles. The molecule has 2 amide bonds. The zero-order valence-electron chi connectivity index (χ0n) is 10.2. The number of imide groups is 1. The highest BCUT2D eigenvalue weighted by Crippen LogP contribution is 2.26. The predicted octanol–water partition coefficient (Wildman–Crippen LogP) is 0.645. The van der Waals surface area contributed by atoms with E-state index in [1.165, 1.54) is 0 Å². The van der Waals surface area contributed by atoms with Gasteiger partial charge in [-0.05, 0) is 12.7 Å². The molecule has 0 radical (unpaired) electrons. The number of carbonyl (C=O) groups excluding carboxylic acids is 2. The highest BCUT2D eigenvalue weighted by atomic mass is 33.1. The van der Waals surface area contributed by atoms with Gasteiger partial charge in [0.05, 0.1) is 6.42 Å². The first-order valence-corrected chi connectivity index (χ1v) is 7.92. The molecule has 8 heteroatoms. The number of nitrogens with one attached hydrogen (secondary N) is 1. The Kier molecular flexibility index (Phi) is 8.86. The Hall–Kier alpha value is -0.730. The Balaban J connectivity index is 0.000000327. The summed E-state index contributed by atoms with van der Waals surface area (Å²) in [7, 11) is 3.41. The fraction of sp³-hybridized carbons (Fsp3) is 0.700. The van der Waals surface area contributed by atoms with Gasteiger partial charge in [-0.3, -0.25) is 19.7 Å². The third-order valence-corrected chi connectivity index (χ3v) is 4.29. The van der Waals surface area contributed by atoms with Crippen molar-refractivity contribution in [3.05, 3.63) is 0 Å². The molecule has 104 valence electrons. The molecular formula is C10H17NO5S2. The summed E-state index contributed by atoms with van der Waals surface area (Å²) in [5.41, 5.74) is 0. The number of hydrogen-bond donors (Lipinski definition) is 3. The zero-order chi connectivity index (χ0) is 14.1. The maximum atomic E-state index is 10.2. The molecule has 0 aromatic heterocycles. The van der Waals surface area contributed by atoms with E-state index in [9.17, 15) is 14.4 Å². The van der Waals surface area contributed by atoms with Gasteiger partial charge < -0.3 is 10.2 Å². The summed E-state index contributed by atoms with van der Waals surface area (Å²) in [5.74, 6) is -1.69. The summed E-state index contributed by atoms with van der Waals surface area (Å²) in [6.45, 7) is 2.05. The Morgan fingerprint density at radius 1 is 1.56 bits per heavy atom. The van der Waals surface area contributed by atoms with Crippen molar-refractivity contribution in [2.24, 2.45) is 0 Å². The Labute approximate surface area is 113 Å². The topological polar surface area (TPSA) is 104 Å². The van der Waals surface area contributed by atoms with Gasteiger partial charge in [-0.15, -0.1) is 0 Å². The normalized spacial score (nSPS) is 19.8. The molecule has 6 nitrogen and oxygen atoms in total. The van der Waals surface area contributed by atoms with Crippen molar-refractivity contribution in [1.29, 1.82) is 0 Å². The summed E-state index contributed by atoms with van der Waals surface area (Å²) >= 11 is 0. The van der Waals surface area contributed by atoms with Crippen LogP contribution >= 0.6 is 21.6 Å². The van der Waals surface area contributed by atoms with E-state index < -0.39 is 23.9 Å². The van der Waals surface area contributed by atoms with Crippen LogP contribution in [0.4, 0.5) is 0 Å². The van der Waals surface area contributed by atoms with E-state index in [0.717, 1.165) is 6.42 Å². The van der Waals surface area contributed by atoms with Crippen LogP contribution in [-0.4, -0.2) is 45.6 Å². The number of carboxylic acids is 1. The molecule has 0 aromatic carbocycles. The van der Waals surface area contributed by atoms with Crippen molar-refractivity contribution in [3.63, 3.8) is 0 Å². The summed E-state index contributed by atoms with van der Waals surface area (Å²) in [6, 6.07) is 0. The van der Waals surface area contributed by atoms with Crippen LogP contribution in [0.2, 0.25) is 0 Å². The molecule has 1 aliphatic rings. The third kappa shape index (κ3) is 8.37. The van der Waals surface area contributed by atoms with Crippen LogP contribution in [0, 0.1) is 0 Å². The van der Waals surface area contributed by atoms with Crippen LogP contribution in [0.1, 0.15) is 26.2 Å². The number of hydrogen-bond acceptors (Lipinski definition) is 6. The SMILES string of the molecule is CSSC(C)CCC(=O)O.O=C1CC(O)C(=O)N1. The molecule has 0 spiro atoms. The first kappa shape index (κ1) is 17.3. The summed E-state index contributed by atoms with van der Waals surface area (Å²) in [4.78, 5) is 30.5. The summed E-state index contributed by atoms with van der Waals surface area (Å²) in [6.07, 6.45) is 1.86. The van der Waals surface area contributed by atoms with Gasteiger partial charge in [0.1, 0.15) is 6.10 Å². The van der Waals surface area contributed by atoms with E-state index in [2.05, 4.69) is 0 Å². The first-order valence-electron chi connectivity index (χ1n) is 5.29. The van der Waals surface area contributed by atoms with Crippen molar-refractivity contribution in [1.82, 2.24) is 5.32 Å². The number of aliphatic hydroxyl groups excluding tert-OH is 1. The number of rotatable bonds is 5. The molecule has 0 saturated carbocycles. The van der Waals surface area contributed by atoms with Crippen molar-refractivity contribution < 1.29 is 24.6 Å². The number of carboxylic acid groups (broad SMARTS) is 1. The number of carbonyl (C=O) groups is 3. The summed E-state index contributed by atoms with van der Waals surface area (Å²) < 4.78 is 0. The maximum absolute atomic E-state index is 10.2. The Morgan fingerprint density at radius 2 is 2.17 bits per heavy atom. The third-order valence-electron chi connectivity index (χ3n) is 1.97. The monoisotopic (exact) mass is 295 g/mol. The van der Waals surface area contributed by atoms with Gasteiger partial charge in [-0.2, -0.15) is 0 Å². The molecule has 1 aliphatic heterocycles. The van der Waals surface area contributed by atoms with E-state index in [0.29, 0.717) is 5.25 Å². The minimum Gasteiger partial charge on any atom is -0.481 e. The second-order valence-corrected chi connectivity index (χ2v) is 6.55. The van der Waals surface area contributed by atoms with Gasteiger partial charge in [0.15, 0.2) is 0 Å². The van der Waals surface area contributed by atoms with Gasteiger partial charge >= 0.3 is 5.97 Å². The van der Waals surface area contributed by atoms with Crippen LogP contribution in [0.5, 0.6) is 0 Å². The summed E-state index contributed by atoms with van der Waals surface area (Å²) in [5, 5.41) is 19.2. The number of amides is 2. The molecule has 0 aliphatic carbocycles. The van der Waals surface area contributed by atoms with Gasteiger partial charge in [-0.1, -0.05) is 28.5 Å². The molecule has 3 N–H and O–H groups in total. The van der Waals surface area contributed by atoms with Crippen LogP contribution in [0.15, 0.2) is 0 Å². The maximum Gasteiger partial charge on any atom is 0.303 e. The van der Waals surface area contributed by atoms with Crippen molar-refractivity contribution >= 4 is 39.4 Å². The molecule has 2 unspecified atom stereocenters. The molecule has 18 heavy (non-hydrogen) atoms. The van der Waals surface area contributed by atoms with E-state index in [4.69, 9.17) is 10.2 Å². The number of aliphatic hydroxyl groups is 1. The zero-order valence-corrected chi connectivity index (χ0v) is 11.8. The number of aliphatic carboxylic acids is 1. The van der Waals surface area contributed by atoms with Crippen molar-refractivity contribution in [2.45, 2.75) is 37.5 Å². The van der Waals surface area contributed by atoms with Crippen LogP contribution < -0.4 is 5.32 Å². The second kappa shape index (κ2) is 9.23. The molecule has 0 bridgehead atoms. The van der Waals surface area contributed by atoms with Crippen LogP contribution in [0.3, 0.4) is 0 Å². The average molecular weight is 295 g/mol. The van der Waals surface area contributed by atoms with Gasteiger partial charge in [0.2, 0.25) is 5.91 Å². The fourth-order valence-corrected chi connectivity index (χ4v) is 2.90. The van der Waals surface area contributed by atoms with E-state index in [-0.39, 0.29) is 12.8 Å². The standard InChI is InChI=1S/C6H12O2S2.C4H5NO3/c1-5(10-9-2)3-4-6(7)8;6-2-1-3(7)5-4(2)8/h5H,3-4H2,1-2H3,(H,7,8);2,6H,1H2,(H,5,7,8). The quantitative estimate of drug-likeness (QED) is 0.505. The lowest BCUT2D eigenvalue weighted by molar-refractivity contribution is -0.137. The predicted molar refractivity (Wildman–Crippen MR) is 71.2 cm³/mol.